The number of hydrogen-bond acceptors (Lipinski definition) is 6. The Kier molecular flexibility index (Phi) is 4.36. The zero-order valence-corrected chi connectivity index (χ0v) is 15.3. The molecule has 2 aromatic carbocycles. The lowest BCUT2D eigenvalue weighted by Crippen LogP contribution is -2.29. The summed E-state index contributed by atoms with van der Waals surface area (Å²) >= 11 is 0. The van der Waals surface area contributed by atoms with Crippen molar-refractivity contribution >= 4 is 22.8 Å². The quantitative estimate of drug-likeness (QED) is 0.475. The molecule has 0 unspecified atom stereocenters. The summed E-state index contributed by atoms with van der Waals surface area (Å²) in [5.41, 5.74) is 9.64. The van der Waals surface area contributed by atoms with Crippen molar-refractivity contribution in [1.82, 2.24) is 25.2 Å². The van der Waals surface area contributed by atoms with Crippen LogP contribution in [0.3, 0.4) is 0 Å². The molecule has 8 heteroatoms. The molecule has 28 heavy (non-hydrogen) atoms. The maximum absolute atomic E-state index is 12.2. The van der Waals surface area contributed by atoms with Crippen LogP contribution < -0.4 is 10.9 Å². The first kappa shape index (κ1) is 17.5. The van der Waals surface area contributed by atoms with Gasteiger partial charge in [-0.3, -0.25) is 15.6 Å². The maximum Gasteiger partial charge on any atom is 0.269 e. The van der Waals surface area contributed by atoms with Gasteiger partial charge in [-0.1, -0.05) is 17.7 Å². The molecule has 0 aliphatic heterocycles. The van der Waals surface area contributed by atoms with E-state index in [1.807, 2.05) is 26.0 Å². The maximum atomic E-state index is 12.2. The fourth-order valence-electron chi connectivity index (χ4n) is 2.96. The number of carbonyl (C=O) groups is 1. The number of hydrogen-bond donors (Lipinski definition) is 3. The van der Waals surface area contributed by atoms with E-state index in [2.05, 4.69) is 32.0 Å². The lowest BCUT2D eigenvalue weighted by molar-refractivity contribution is 0.0962. The van der Waals surface area contributed by atoms with Gasteiger partial charge in [-0.2, -0.15) is 5.10 Å². The van der Waals surface area contributed by atoms with Crippen LogP contribution in [0.5, 0.6) is 5.75 Å². The fraction of sp³-hybridized carbons (Fsp3) is 0.100. The van der Waals surface area contributed by atoms with Crippen molar-refractivity contribution in [2.75, 3.05) is 5.43 Å². The average molecular weight is 374 g/mol. The average Bonchev–Trinajstić information content (AvgIpc) is 3.11. The van der Waals surface area contributed by atoms with Crippen LogP contribution in [0.1, 0.15) is 21.5 Å². The largest absolute Gasteiger partial charge is 0.508 e. The van der Waals surface area contributed by atoms with Crippen LogP contribution in [-0.4, -0.2) is 30.8 Å². The van der Waals surface area contributed by atoms with Gasteiger partial charge in [0.15, 0.2) is 11.5 Å². The number of rotatable bonds is 4. The molecule has 1 amide bonds. The van der Waals surface area contributed by atoms with Crippen molar-refractivity contribution in [2.24, 2.45) is 0 Å². The van der Waals surface area contributed by atoms with Crippen LogP contribution in [0, 0.1) is 13.8 Å². The monoisotopic (exact) mass is 374 g/mol. The van der Waals surface area contributed by atoms with E-state index in [-0.39, 0.29) is 11.7 Å². The zero-order chi connectivity index (χ0) is 19.7. The second kappa shape index (κ2) is 6.99. The topological polar surface area (TPSA) is 105 Å². The number of amides is 1. The smallest absolute Gasteiger partial charge is 0.269 e. The summed E-state index contributed by atoms with van der Waals surface area (Å²) in [6.07, 6.45) is 3.07. The van der Waals surface area contributed by atoms with E-state index >= 15 is 0 Å². The van der Waals surface area contributed by atoms with Gasteiger partial charge in [0.25, 0.3) is 5.91 Å². The molecular weight excluding hydrogens is 356 g/mol. The van der Waals surface area contributed by atoms with Gasteiger partial charge in [-0.25, -0.2) is 14.6 Å². The van der Waals surface area contributed by atoms with E-state index < -0.39 is 0 Å². The van der Waals surface area contributed by atoms with Gasteiger partial charge in [-0.05, 0) is 49.7 Å². The van der Waals surface area contributed by atoms with Gasteiger partial charge in [0.05, 0.1) is 17.3 Å². The van der Waals surface area contributed by atoms with E-state index in [0.29, 0.717) is 22.4 Å². The Balaban J connectivity index is 1.61. The molecule has 0 atom stereocenters. The second-order valence-corrected chi connectivity index (χ2v) is 6.43. The summed E-state index contributed by atoms with van der Waals surface area (Å²) in [4.78, 5) is 20.8. The highest BCUT2D eigenvalue weighted by molar-refractivity contribution is 5.96. The normalized spacial score (nSPS) is 10.8. The number of fused-ring (bicyclic) bond motifs is 1. The highest BCUT2D eigenvalue weighted by Crippen LogP contribution is 2.23. The standard InChI is InChI=1S/C20H18N6O2/c1-12-3-8-17(13(2)9-12)26-19-16(10-23-26)18(21-11-22-19)24-25-20(28)14-4-6-15(27)7-5-14/h3-11,27H,1-2H3,(H,25,28)(H,21,22,24). The predicted molar refractivity (Wildman–Crippen MR) is 105 cm³/mol. The minimum absolute atomic E-state index is 0.0980. The van der Waals surface area contributed by atoms with Crippen LogP contribution in [0.25, 0.3) is 16.7 Å². The van der Waals surface area contributed by atoms with E-state index in [1.54, 1.807) is 10.9 Å². The van der Waals surface area contributed by atoms with Crippen LogP contribution >= 0.6 is 0 Å². The van der Waals surface area contributed by atoms with Crippen molar-refractivity contribution in [1.29, 1.82) is 0 Å². The van der Waals surface area contributed by atoms with Gasteiger partial charge >= 0.3 is 0 Å². The summed E-state index contributed by atoms with van der Waals surface area (Å²) in [5.74, 6) is 0.183. The Hall–Kier alpha value is -3.94. The minimum atomic E-state index is -0.353. The van der Waals surface area contributed by atoms with Gasteiger partial charge in [0.1, 0.15) is 12.1 Å². The van der Waals surface area contributed by atoms with Crippen molar-refractivity contribution in [3.8, 4) is 11.4 Å². The molecule has 0 saturated heterocycles. The van der Waals surface area contributed by atoms with E-state index in [1.165, 1.54) is 36.2 Å². The number of nitrogens with one attached hydrogen (secondary N) is 2. The molecule has 2 heterocycles. The summed E-state index contributed by atoms with van der Waals surface area (Å²) in [6, 6.07) is 12.1. The highest BCUT2D eigenvalue weighted by atomic mass is 16.3. The number of anilines is 1. The Labute approximate surface area is 160 Å². The molecule has 8 nitrogen and oxygen atoms in total. The summed E-state index contributed by atoms with van der Waals surface area (Å²) < 4.78 is 1.75. The van der Waals surface area contributed by atoms with Gasteiger partial charge in [-0.15, -0.1) is 0 Å². The van der Waals surface area contributed by atoms with Crippen molar-refractivity contribution < 1.29 is 9.90 Å². The Morgan fingerprint density at radius 2 is 1.86 bits per heavy atom. The lowest BCUT2D eigenvalue weighted by Gasteiger charge is -2.10. The molecule has 0 bridgehead atoms. The molecule has 4 rings (SSSR count). The van der Waals surface area contributed by atoms with E-state index in [4.69, 9.17) is 0 Å². The molecule has 0 fully saturated rings. The molecule has 0 aliphatic carbocycles. The Morgan fingerprint density at radius 1 is 1.07 bits per heavy atom. The zero-order valence-electron chi connectivity index (χ0n) is 15.3. The molecule has 0 aliphatic rings. The third-order valence-electron chi connectivity index (χ3n) is 4.37. The second-order valence-electron chi connectivity index (χ2n) is 6.43. The summed E-state index contributed by atoms with van der Waals surface area (Å²) in [6.45, 7) is 4.06. The number of benzene rings is 2. The van der Waals surface area contributed by atoms with Crippen LogP contribution in [-0.2, 0) is 0 Å². The van der Waals surface area contributed by atoms with Gasteiger partial charge in [0, 0.05) is 5.56 Å². The number of aryl methyl sites for hydroxylation is 2. The number of nitrogens with zero attached hydrogens (tertiary/aromatic N) is 4. The molecular formula is C20H18N6O2. The summed E-state index contributed by atoms with van der Waals surface area (Å²) in [5, 5.41) is 14.4. The van der Waals surface area contributed by atoms with Crippen LogP contribution in [0.15, 0.2) is 55.0 Å². The van der Waals surface area contributed by atoms with Crippen molar-refractivity contribution in [3.05, 3.63) is 71.7 Å². The van der Waals surface area contributed by atoms with Gasteiger partial charge < -0.3 is 5.11 Å². The number of phenols is 1. The number of aromatic nitrogens is 4. The van der Waals surface area contributed by atoms with Crippen molar-refractivity contribution in [2.45, 2.75) is 13.8 Å². The van der Waals surface area contributed by atoms with E-state index in [0.717, 1.165) is 11.3 Å². The van der Waals surface area contributed by atoms with E-state index in [9.17, 15) is 9.90 Å². The predicted octanol–water partition coefficient (Wildman–Crippen LogP) is 2.89. The van der Waals surface area contributed by atoms with Crippen molar-refractivity contribution in [3.63, 3.8) is 0 Å². The molecule has 2 aromatic heterocycles. The molecule has 0 radical (unpaired) electrons. The molecule has 0 spiro atoms. The molecule has 140 valence electrons. The number of hydrazine groups is 1. The first-order chi connectivity index (χ1) is 13.5. The molecule has 0 saturated carbocycles. The summed E-state index contributed by atoms with van der Waals surface area (Å²) in [7, 11) is 0. The first-order valence-corrected chi connectivity index (χ1v) is 8.64. The minimum Gasteiger partial charge on any atom is -0.508 e. The van der Waals surface area contributed by atoms with Crippen LogP contribution in [0.2, 0.25) is 0 Å². The first-order valence-electron chi connectivity index (χ1n) is 8.64. The third kappa shape index (κ3) is 3.23. The number of carbonyl (C=O) groups excluding carboxylic acids is 1. The highest BCUT2D eigenvalue weighted by Gasteiger charge is 2.13. The fourth-order valence-corrected chi connectivity index (χ4v) is 2.96. The Bertz CT molecular complexity index is 1170. The Morgan fingerprint density at radius 3 is 2.61 bits per heavy atom. The SMILES string of the molecule is Cc1ccc(-n2ncc3c(NNC(=O)c4ccc(O)cc4)ncnc32)c(C)c1. The third-order valence-corrected chi connectivity index (χ3v) is 4.37. The van der Waals surface area contributed by atoms with Gasteiger partial charge in [0.2, 0.25) is 0 Å². The van der Waals surface area contributed by atoms with Crippen LogP contribution in [0.4, 0.5) is 5.82 Å². The molecule has 4 aromatic rings. The lowest BCUT2D eigenvalue weighted by atomic mass is 10.1. The number of phenolic OH excluding ortho intramolecular Hbond substituents is 1. The number of aromatic hydroxyl groups is 1. The molecule has 3 N–H and O–H groups in total.